The molecule has 1 spiro atoms. The fourth-order valence-corrected chi connectivity index (χ4v) is 6.12. The van der Waals surface area contributed by atoms with Crippen molar-refractivity contribution in [1.29, 1.82) is 0 Å². The highest BCUT2D eigenvalue weighted by Gasteiger charge is 2.50. The van der Waals surface area contributed by atoms with Gasteiger partial charge in [-0.15, -0.1) is 0 Å². The fraction of sp³-hybridized carbons (Fsp3) is 0.0909. The molecule has 0 saturated carbocycles. The molecule has 1 atom stereocenters. The van der Waals surface area contributed by atoms with Crippen molar-refractivity contribution in [3.63, 3.8) is 0 Å². The Balaban J connectivity index is 1.49. The summed E-state index contributed by atoms with van der Waals surface area (Å²) < 4.78 is 6.29. The number of allylic oxidation sites excluding steroid dienone is 2. The molecule has 0 saturated heterocycles. The zero-order chi connectivity index (χ0) is 23.6. The summed E-state index contributed by atoms with van der Waals surface area (Å²) in [5.41, 5.74) is 9.44. The van der Waals surface area contributed by atoms with Crippen LogP contribution in [0.5, 0.6) is 5.75 Å². The van der Waals surface area contributed by atoms with Crippen molar-refractivity contribution >= 4 is 22.1 Å². The van der Waals surface area contributed by atoms with E-state index in [0.29, 0.717) is 0 Å². The van der Waals surface area contributed by atoms with Crippen molar-refractivity contribution in [2.24, 2.45) is 0 Å². The summed E-state index contributed by atoms with van der Waals surface area (Å²) in [4.78, 5) is 0. The molecule has 2 heteroatoms. The maximum Gasteiger partial charge on any atom is 0.131 e. The molecule has 2 nitrogen and oxygen atoms in total. The van der Waals surface area contributed by atoms with Gasteiger partial charge in [0.15, 0.2) is 0 Å². The molecular formula is C33H25NO. The summed E-state index contributed by atoms with van der Waals surface area (Å²) in [6, 6.07) is 39.1. The van der Waals surface area contributed by atoms with E-state index >= 15 is 0 Å². The van der Waals surface area contributed by atoms with Gasteiger partial charge in [-0.1, -0.05) is 84.9 Å². The number of nitrogens with one attached hydrogen (secondary N) is 1. The minimum Gasteiger partial charge on any atom is -0.462 e. The fourth-order valence-electron chi connectivity index (χ4n) is 6.12. The van der Waals surface area contributed by atoms with Crippen LogP contribution in [-0.4, -0.2) is 0 Å². The van der Waals surface area contributed by atoms with Crippen LogP contribution >= 0.6 is 0 Å². The molecule has 1 aliphatic carbocycles. The lowest BCUT2D eigenvalue weighted by atomic mass is 9.66. The Kier molecular flexibility index (Phi) is 4.22. The Hall–Kier alpha value is -4.30. The number of ether oxygens (including phenoxy) is 1. The van der Waals surface area contributed by atoms with Crippen molar-refractivity contribution in [3.8, 4) is 16.9 Å². The highest BCUT2D eigenvalue weighted by molar-refractivity contribution is 5.95. The second-order valence-corrected chi connectivity index (χ2v) is 9.49. The maximum atomic E-state index is 6.29. The molecule has 7 rings (SSSR count). The van der Waals surface area contributed by atoms with Gasteiger partial charge in [-0.05, 0) is 71.1 Å². The van der Waals surface area contributed by atoms with Crippen LogP contribution in [-0.2, 0) is 5.41 Å². The Morgan fingerprint density at radius 3 is 2.23 bits per heavy atom. The Bertz CT molecular complexity index is 1680. The number of hydrogen-bond donors (Lipinski definition) is 1. The van der Waals surface area contributed by atoms with Gasteiger partial charge in [0.25, 0.3) is 0 Å². The molecule has 1 N–H and O–H groups in total. The van der Waals surface area contributed by atoms with Crippen LogP contribution in [0.1, 0.15) is 30.5 Å². The number of anilines is 2. The van der Waals surface area contributed by atoms with Crippen LogP contribution < -0.4 is 10.1 Å². The summed E-state index contributed by atoms with van der Waals surface area (Å²) in [5.74, 6) is 1.91. The number of benzene rings is 5. The maximum absolute atomic E-state index is 6.29. The molecule has 35 heavy (non-hydrogen) atoms. The third-order valence-electron chi connectivity index (χ3n) is 7.74. The van der Waals surface area contributed by atoms with Crippen LogP contribution in [0.4, 0.5) is 11.4 Å². The normalized spacial score (nSPS) is 17.7. The zero-order valence-corrected chi connectivity index (χ0v) is 19.8. The summed E-state index contributed by atoms with van der Waals surface area (Å²) in [6.45, 7) is 4.31. The topological polar surface area (TPSA) is 21.3 Å². The summed E-state index contributed by atoms with van der Waals surface area (Å²) in [7, 11) is 0. The lowest BCUT2D eigenvalue weighted by molar-refractivity contribution is 0.383. The zero-order valence-electron chi connectivity index (χ0n) is 19.8. The van der Waals surface area contributed by atoms with E-state index in [1.54, 1.807) is 0 Å². The first-order valence-corrected chi connectivity index (χ1v) is 12.1. The average Bonchev–Trinajstić information content (AvgIpc) is 3.19. The van der Waals surface area contributed by atoms with E-state index < -0.39 is 0 Å². The van der Waals surface area contributed by atoms with Gasteiger partial charge in [-0.2, -0.15) is 0 Å². The van der Waals surface area contributed by atoms with E-state index in [1.165, 1.54) is 44.2 Å². The summed E-state index contributed by atoms with van der Waals surface area (Å²) in [5, 5.41) is 6.24. The molecule has 0 radical (unpaired) electrons. The van der Waals surface area contributed by atoms with Gasteiger partial charge in [0.1, 0.15) is 11.5 Å². The molecule has 5 aromatic carbocycles. The largest absolute Gasteiger partial charge is 0.462 e. The van der Waals surface area contributed by atoms with E-state index in [-0.39, 0.29) is 5.41 Å². The highest BCUT2D eigenvalue weighted by Crippen LogP contribution is 2.61. The van der Waals surface area contributed by atoms with Crippen molar-refractivity contribution < 1.29 is 4.74 Å². The number of hydrogen-bond acceptors (Lipinski definition) is 2. The molecule has 5 aromatic rings. The van der Waals surface area contributed by atoms with Gasteiger partial charge >= 0.3 is 0 Å². The molecule has 0 fully saturated rings. The van der Waals surface area contributed by atoms with E-state index in [0.717, 1.165) is 22.9 Å². The van der Waals surface area contributed by atoms with Crippen LogP contribution in [0.15, 0.2) is 121 Å². The van der Waals surface area contributed by atoms with E-state index in [9.17, 15) is 0 Å². The lowest BCUT2D eigenvalue weighted by Gasteiger charge is -2.39. The molecule has 1 unspecified atom stereocenters. The second kappa shape index (κ2) is 7.35. The molecule has 0 amide bonds. The predicted molar refractivity (Wildman–Crippen MR) is 144 cm³/mol. The molecule has 2 aliphatic rings. The van der Waals surface area contributed by atoms with Gasteiger partial charge in [-0.25, -0.2) is 0 Å². The van der Waals surface area contributed by atoms with Crippen LogP contribution in [0.2, 0.25) is 0 Å². The van der Waals surface area contributed by atoms with Gasteiger partial charge in [0.05, 0.1) is 5.41 Å². The monoisotopic (exact) mass is 451 g/mol. The minimum absolute atomic E-state index is 0.369. The second-order valence-electron chi connectivity index (χ2n) is 9.49. The van der Waals surface area contributed by atoms with E-state index in [4.69, 9.17) is 4.74 Å². The third kappa shape index (κ3) is 2.71. The molecular weight excluding hydrogens is 426 g/mol. The third-order valence-corrected chi connectivity index (χ3v) is 7.74. The van der Waals surface area contributed by atoms with Gasteiger partial charge < -0.3 is 10.1 Å². The predicted octanol–water partition coefficient (Wildman–Crippen LogP) is 8.58. The van der Waals surface area contributed by atoms with Crippen LogP contribution in [0.25, 0.3) is 21.9 Å². The van der Waals surface area contributed by atoms with Crippen molar-refractivity contribution in [2.75, 3.05) is 5.32 Å². The summed E-state index contributed by atoms with van der Waals surface area (Å²) in [6.07, 6.45) is 0. The first kappa shape index (κ1) is 20.1. The van der Waals surface area contributed by atoms with Crippen molar-refractivity contribution in [1.82, 2.24) is 0 Å². The van der Waals surface area contributed by atoms with Crippen molar-refractivity contribution in [3.05, 3.63) is 137 Å². The highest BCUT2D eigenvalue weighted by atomic mass is 16.5. The summed E-state index contributed by atoms with van der Waals surface area (Å²) >= 11 is 0. The van der Waals surface area contributed by atoms with Crippen LogP contribution in [0.3, 0.4) is 0 Å². The van der Waals surface area contributed by atoms with Gasteiger partial charge in [-0.3, -0.25) is 0 Å². The molecule has 1 aliphatic heterocycles. The first-order chi connectivity index (χ1) is 17.2. The van der Waals surface area contributed by atoms with E-state index in [2.05, 4.69) is 128 Å². The Morgan fingerprint density at radius 2 is 1.34 bits per heavy atom. The minimum atomic E-state index is -0.369. The number of fused-ring (bicyclic) bond motifs is 8. The van der Waals surface area contributed by atoms with Gasteiger partial charge in [0.2, 0.25) is 0 Å². The molecule has 0 bridgehead atoms. The standard InChI is InChI=1S/C33H25NO/c1-21-22(2)35-31-17-8-7-14-28(31)33(21)27-13-6-5-12-26(27)32-29(33)15-9-16-30(32)34-25-19-18-23-10-3-4-11-24(23)20-25/h3-20,34H,1-2H3. The quantitative estimate of drug-likeness (QED) is 0.290. The molecule has 1 heterocycles. The Morgan fingerprint density at radius 1 is 0.629 bits per heavy atom. The average molecular weight is 452 g/mol. The molecule has 168 valence electrons. The SMILES string of the molecule is CC1=C(C)C2(c3ccccc3O1)c1ccccc1-c1c(Nc3ccc4ccccc4c3)cccc12. The lowest BCUT2D eigenvalue weighted by Crippen LogP contribution is -2.33. The molecule has 0 aromatic heterocycles. The first-order valence-electron chi connectivity index (χ1n) is 12.1. The van der Waals surface area contributed by atoms with Crippen LogP contribution in [0, 0.1) is 0 Å². The smallest absolute Gasteiger partial charge is 0.131 e. The van der Waals surface area contributed by atoms with Crippen molar-refractivity contribution in [2.45, 2.75) is 19.3 Å². The van der Waals surface area contributed by atoms with Gasteiger partial charge in [0, 0.05) is 22.5 Å². The Labute approximate surface area is 205 Å². The number of rotatable bonds is 2. The van der Waals surface area contributed by atoms with E-state index in [1.807, 2.05) is 0 Å². The number of para-hydroxylation sites is 1.